The zero-order valence-corrected chi connectivity index (χ0v) is 15.2. The highest BCUT2D eigenvalue weighted by Gasteiger charge is 2.22. The third kappa shape index (κ3) is 6.43. The number of carbonyl (C=O) groups excluding carboxylic acids is 1. The van der Waals surface area contributed by atoms with E-state index in [0.29, 0.717) is 12.6 Å². The van der Waals surface area contributed by atoms with E-state index in [1.165, 1.54) is 5.56 Å². The minimum atomic E-state index is -0.172. The highest BCUT2D eigenvalue weighted by Crippen LogP contribution is 2.17. The van der Waals surface area contributed by atoms with E-state index in [2.05, 4.69) is 61.0 Å². The Kier molecular flexibility index (Phi) is 6.78. The lowest BCUT2D eigenvalue weighted by Gasteiger charge is -2.31. The summed E-state index contributed by atoms with van der Waals surface area (Å²) in [5.41, 5.74) is 1.08. The minimum Gasteiger partial charge on any atom is -0.336 e. The van der Waals surface area contributed by atoms with Crippen molar-refractivity contribution in [2.45, 2.75) is 51.2 Å². The van der Waals surface area contributed by atoms with E-state index in [1.807, 2.05) is 17.8 Å². The second kappa shape index (κ2) is 8.60. The van der Waals surface area contributed by atoms with Gasteiger partial charge >= 0.3 is 6.03 Å². The van der Waals surface area contributed by atoms with Crippen molar-refractivity contribution in [1.82, 2.24) is 16.0 Å². The normalized spacial score (nSPS) is 17.5. The van der Waals surface area contributed by atoms with Crippen LogP contribution in [-0.2, 0) is 0 Å². The van der Waals surface area contributed by atoms with Crippen molar-refractivity contribution in [2.24, 2.45) is 0 Å². The first-order valence-corrected chi connectivity index (χ1v) is 9.56. The Morgan fingerprint density at radius 3 is 2.57 bits per heavy atom. The van der Waals surface area contributed by atoms with Gasteiger partial charge in [0.1, 0.15) is 0 Å². The first-order valence-electron chi connectivity index (χ1n) is 8.41. The van der Waals surface area contributed by atoms with Gasteiger partial charge in [-0.3, -0.25) is 0 Å². The number of nitrogens with one attached hydrogen (secondary N) is 3. The molecule has 1 saturated heterocycles. The summed E-state index contributed by atoms with van der Waals surface area (Å²) >= 11 is 1.97. The maximum absolute atomic E-state index is 12.1. The molecule has 0 saturated carbocycles. The van der Waals surface area contributed by atoms with Crippen LogP contribution in [-0.4, -0.2) is 35.7 Å². The average Bonchev–Trinajstić information content (AvgIpc) is 2.54. The maximum atomic E-state index is 12.1. The molecule has 5 heteroatoms. The summed E-state index contributed by atoms with van der Waals surface area (Å²) in [7, 11) is 0. The Morgan fingerprint density at radius 2 is 1.91 bits per heavy atom. The quantitative estimate of drug-likeness (QED) is 0.747. The summed E-state index contributed by atoms with van der Waals surface area (Å²) in [5.74, 6) is 2.29. The SMILES string of the molecule is CC(NC(C)(C)CNC(=O)NC1CCSCC1)c1ccccc1. The van der Waals surface area contributed by atoms with Gasteiger partial charge in [0.15, 0.2) is 0 Å². The molecule has 1 aliphatic heterocycles. The average molecular weight is 336 g/mol. The van der Waals surface area contributed by atoms with Gasteiger partial charge < -0.3 is 16.0 Å². The third-order valence-corrected chi connectivity index (χ3v) is 5.20. The van der Waals surface area contributed by atoms with Crippen molar-refractivity contribution in [2.75, 3.05) is 18.1 Å². The van der Waals surface area contributed by atoms with Crippen LogP contribution >= 0.6 is 11.8 Å². The van der Waals surface area contributed by atoms with E-state index in [9.17, 15) is 4.79 Å². The topological polar surface area (TPSA) is 53.2 Å². The van der Waals surface area contributed by atoms with Crippen molar-refractivity contribution < 1.29 is 4.79 Å². The van der Waals surface area contributed by atoms with E-state index in [1.54, 1.807) is 0 Å². The Hall–Kier alpha value is -1.20. The van der Waals surface area contributed by atoms with E-state index in [-0.39, 0.29) is 17.6 Å². The van der Waals surface area contributed by atoms with Crippen LogP contribution in [0.15, 0.2) is 30.3 Å². The Morgan fingerprint density at radius 1 is 1.26 bits per heavy atom. The van der Waals surface area contributed by atoms with Gasteiger partial charge in [0.05, 0.1) is 0 Å². The van der Waals surface area contributed by atoms with Crippen LogP contribution in [0, 0.1) is 0 Å². The molecule has 2 rings (SSSR count). The molecule has 23 heavy (non-hydrogen) atoms. The van der Waals surface area contributed by atoms with Crippen LogP contribution in [0.3, 0.4) is 0 Å². The molecule has 1 aromatic rings. The van der Waals surface area contributed by atoms with Crippen molar-refractivity contribution in [3.05, 3.63) is 35.9 Å². The largest absolute Gasteiger partial charge is 0.336 e. The molecule has 1 aromatic carbocycles. The number of hydrogen-bond donors (Lipinski definition) is 3. The molecule has 1 aliphatic rings. The monoisotopic (exact) mass is 335 g/mol. The molecule has 0 bridgehead atoms. The van der Waals surface area contributed by atoms with Crippen molar-refractivity contribution >= 4 is 17.8 Å². The summed E-state index contributed by atoms with van der Waals surface area (Å²) in [4.78, 5) is 12.1. The highest BCUT2D eigenvalue weighted by molar-refractivity contribution is 7.99. The Balaban J connectivity index is 1.75. The number of urea groups is 1. The molecule has 0 radical (unpaired) electrons. The van der Waals surface area contributed by atoms with Gasteiger partial charge in [0.25, 0.3) is 0 Å². The number of rotatable bonds is 6. The van der Waals surface area contributed by atoms with Crippen LogP contribution in [0.4, 0.5) is 4.79 Å². The van der Waals surface area contributed by atoms with Crippen molar-refractivity contribution in [3.8, 4) is 0 Å². The molecule has 128 valence electrons. The Bertz CT molecular complexity index is 486. The number of hydrogen-bond acceptors (Lipinski definition) is 3. The highest BCUT2D eigenvalue weighted by atomic mass is 32.2. The summed E-state index contributed by atoms with van der Waals surface area (Å²) in [6.45, 7) is 6.97. The summed E-state index contributed by atoms with van der Waals surface area (Å²) in [5, 5.41) is 9.68. The van der Waals surface area contributed by atoms with Crippen LogP contribution in [0.1, 0.15) is 45.2 Å². The molecule has 1 unspecified atom stereocenters. The lowest BCUT2D eigenvalue weighted by molar-refractivity contribution is 0.230. The number of thioether (sulfide) groups is 1. The third-order valence-electron chi connectivity index (χ3n) is 4.15. The van der Waals surface area contributed by atoms with E-state index in [4.69, 9.17) is 0 Å². The summed E-state index contributed by atoms with van der Waals surface area (Å²) in [6, 6.07) is 10.9. The smallest absolute Gasteiger partial charge is 0.315 e. The Labute approximate surface area is 144 Å². The lowest BCUT2D eigenvalue weighted by Crippen LogP contribution is -2.53. The summed E-state index contributed by atoms with van der Waals surface area (Å²) < 4.78 is 0. The maximum Gasteiger partial charge on any atom is 0.315 e. The molecule has 0 aliphatic carbocycles. The lowest BCUT2D eigenvalue weighted by atomic mass is 10.0. The fourth-order valence-corrected chi connectivity index (χ4v) is 3.95. The standard InChI is InChI=1S/C18H29N3OS/c1-14(15-7-5-4-6-8-15)21-18(2,3)13-19-17(22)20-16-9-11-23-12-10-16/h4-8,14,16,21H,9-13H2,1-3H3,(H2,19,20,22). The molecule has 1 heterocycles. The van der Waals surface area contributed by atoms with Gasteiger partial charge in [-0.2, -0.15) is 11.8 Å². The van der Waals surface area contributed by atoms with Gasteiger partial charge in [-0.15, -0.1) is 0 Å². The van der Waals surface area contributed by atoms with Gasteiger partial charge in [-0.05, 0) is 50.7 Å². The van der Waals surface area contributed by atoms with E-state index in [0.717, 1.165) is 24.3 Å². The molecule has 4 nitrogen and oxygen atoms in total. The number of benzene rings is 1. The first-order chi connectivity index (χ1) is 11.0. The van der Waals surface area contributed by atoms with E-state index >= 15 is 0 Å². The predicted octanol–water partition coefficient (Wildman–Crippen LogP) is 3.31. The molecule has 0 aromatic heterocycles. The van der Waals surface area contributed by atoms with E-state index < -0.39 is 0 Å². The van der Waals surface area contributed by atoms with Gasteiger partial charge in [-0.1, -0.05) is 30.3 Å². The fourth-order valence-electron chi connectivity index (χ4n) is 2.84. The van der Waals surface area contributed by atoms with Crippen molar-refractivity contribution in [1.29, 1.82) is 0 Å². The molecular weight excluding hydrogens is 306 g/mol. The minimum absolute atomic E-state index is 0.0517. The zero-order valence-electron chi connectivity index (χ0n) is 14.4. The van der Waals surface area contributed by atoms with Gasteiger partial charge in [0.2, 0.25) is 0 Å². The first kappa shape index (κ1) is 18.1. The van der Waals surface area contributed by atoms with Gasteiger partial charge in [-0.25, -0.2) is 4.79 Å². The molecular formula is C18H29N3OS. The molecule has 1 atom stereocenters. The molecule has 2 amide bonds. The van der Waals surface area contributed by atoms with Crippen LogP contribution < -0.4 is 16.0 Å². The predicted molar refractivity (Wildman–Crippen MR) is 99.0 cm³/mol. The molecule has 1 fully saturated rings. The van der Waals surface area contributed by atoms with Crippen LogP contribution in [0.5, 0.6) is 0 Å². The van der Waals surface area contributed by atoms with Gasteiger partial charge in [0, 0.05) is 24.2 Å². The molecule has 3 N–H and O–H groups in total. The molecule has 0 spiro atoms. The zero-order chi connectivity index (χ0) is 16.7. The fraction of sp³-hybridized carbons (Fsp3) is 0.611. The van der Waals surface area contributed by atoms with Crippen LogP contribution in [0.25, 0.3) is 0 Å². The van der Waals surface area contributed by atoms with Crippen LogP contribution in [0.2, 0.25) is 0 Å². The number of carbonyl (C=O) groups is 1. The van der Waals surface area contributed by atoms with Crippen molar-refractivity contribution in [3.63, 3.8) is 0 Å². The second-order valence-corrected chi connectivity index (χ2v) is 8.10. The second-order valence-electron chi connectivity index (χ2n) is 6.87. The summed E-state index contributed by atoms with van der Waals surface area (Å²) in [6.07, 6.45) is 2.15. The number of amides is 2.